The molecule has 8 fully saturated rings. The Labute approximate surface area is 774 Å². The van der Waals surface area contributed by atoms with E-state index in [1.54, 1.807) is 167 Å². The maximum Gasteiger partial charge on any atom is 0.253 e. The molecule has 2 saturated carbocycles. The number of nitrogens with one attached hydrogen (secondary N) is 5. The van der Waals surface area contributed by atoms with Gasteiger partial charge in [-0.1, -0.05) is 111 Å². The number of carbonyl (C=O) groups is 10. The van der Waals surface area contributed by atoms with E-state index in [4.69, 9.17) is 58.0 Å². The summed E-state index contributed by atoms with van der Waals surface area (Å²) in [6, 6.07) is 40.5. The summed E-state index contributed by atoms with van der Waals surface area (Å²) >= 11 is 30.9. The number of hydrogen-bond acceptors (Lipinski definition) is 16. The molecule has 8 aliphatic rings. The van der Waals surface area contributed by atoms with Crippen LogP contribution in [0, 0.1) is 35.9 Å². The molecule has 9 aromatic rings. The monoisotopic (exact) mass is 1860 g/mol. The first kappa shape index (κ1) is 95.1. The molecule has 5 N–H and O–H groups in total. The molecule has 0 spiro atoms. The molecule has 128 heavy (non-hydrogen) atoms. The van der Waals surface area contributed by atoms with Gasteiger partial charge in [0.2, 0.25) is 59.1 Å². The minimum atomic E-state index is -0.617. The molecule has 676 valence electrons. The third-order valence-corrected chi connectivity index (χ3v) is 27.0. The largest absolute Gasteiger partial charge is 0.354 e. The molecule has 6 saturated heterocycles. The van der Waals surface area contributed by atoms with Crippen LogP contribution in [-0.4, -0.2) is 158 Å². The number of fused-ring (bicyclic) bond motifs is 1. The van der Waals surface area contributed by atoms with E-state index in [1.165, 1.54) is 69.9 Å². The van der Waals surface area contributed by atoms with Gasteiger partial charge in [0, 0.05) is 128 Å². The van der Waals surface area contributed by atoms with E-state index in [1.807, 2.05) is 6.92 Å². The molecule has 6 aliphatic heterocycles. The lowest BCUT2D eigenvalue weighted by Crippen LogP contribution is -2.49. The third kappa shape index (κ3) is 24.9. The van der Waals surface area contributed by atoms with Gasteiger partial charge in [0.1, 0.15) is 36.0 Å². The first-order valence-corrected chi connectivity index (χ1v) is 46.6. The zero-order valence-corrected chi connectivity index (χ0v) is 76.9. The summed E-state index contributed by atoms with van der Waals surface area (Å²) in [5, 5.41) is 22.4. The predicted octanol–water partition coefficient (Wildman–Crippen LogP) is 17.7. The van der Waals surface area contributed by atoms with Gasteiger partial charge in [-0.2, -0.15) is 4.98 Å². The first-order chi connectivity index (χ1) is 61.5. The molecule has 17 rings (SSSR count). The number of rotatable bonds is 19. The quantitative estimate of drug-likeness (QED) is 0.0503. The zero-order chi connectivity index (χ0) is 90.9. The van der Waals surface area contributed by atoms with Crippen molar-refractivity contribution in [3.63, 3.8) is 0 Å². The Bertz CT molecular complexity index is 5350. The summed E-state index contributed by atoms with van der Waals surface area (Å²) < 4.78 is 14.6. The van der Waals surface area contributed by atoms with Crippen LogP contribution in [0.15, 0.2) is 164 Å². The Morgan fingerprint density at radius 1 is 0.461 bits per heavy atom. The van der Waals surface area contributed by atoms with Crippen LogP contribution < -0.4 is 51.1 Å². The number of likely N-dealkylation sites (tertiary alicyclic amines) is 1. The van der Waals surface area contributed by atoms with Crippen LogP contribution >= 0.6 is 69.3 Å². The highest BCUT2D eigenvalue weighted by Crippen LogP contribution is 2.40. The average molecular weight is 1860 g/mol. The van der Waals surface area contributed by atoms with E-state index in [9.17, 15) is 52.3 Å². The highest BCUT2D eigenvalue weighted by atomic mass is 35.5. The van der Waals surface area contributed by atoms with Crippen molar-refractivity contribution in [2.24, 2.45) is 23.2 Å². The highest BCUT2D eigenvalue weighted by Gasteiger charge is 2.43. The predicted molar refractivity (Wildman–Crippen MR) is 501 cm³/mol. The fourth-order valence-electron chi connectivity index (χ4n) is 17.8. The number of amides is 10. The van der Waals surface area contributed by atoms with Gasteiger partial charge in [-0.05, 0) is 279 Å². The SMILES string of the molecule is CC(C)(C)C1CCC(NC(=O)[C@@H]2CCC(=O)N2c2ccc(Cl)cc2)CC1.CN1CCC(CNC(=O)[C@@H]2CCC(=O)N2c2ccc(Cl)cc2)CC1.Cc1sc(NC(=O)[C@@H]2CCC(=O)N2c2ccc(Cl)cc2)nc1-c1ccc(F)cc1.O=C(NCCC1CCCCC1)[C@@H]1CCC(=O)N1c1ccc(Cl)cc1.O=C(Nc1nc2ncccn2n1)[C@@H]1CCC(=O)N1c1ccc(Cl)cc1. The lowest BCUT2D eigenvalue weighted by molar-refractivity contribution is -0.124. The van der Waals surface area contributed by atoms with E-state index in [2.05, 4.69) is 79.4 Å². The normalized spacial score (nSPS) is 20.9. The number of benzene rings is 6. The van der Waals surface area contributed by atoms with Crippen LogP contribution in [0.25, 0.3) is 17.0 Å². The molecule has 3 aromatic heterocycles. The minimum Gasteiger partial charge on any atom is -0.354 e. The van der Waals surface area contributed by atoms with Crippen LogP contribution in [0.2, 0.25) is 25.1 Å². The molecule has 0 radical (unpaired) electrons. The number of carbonyl (C=O) groups excluding carboxylic acids is 10. The van der Waals surface area contributed by atoms with Crippen molar-refractivity contribution in [2.75, 3.05) is 68.4 Å². The zero-order valence-electron chi connectivity index (χ0n) is 72.3. The topological polar surface area (TPSA) is 306 Å². The van der Waals surface area contributed by atoms with Gasteiger partial charge >= 0.3 is 0 Å². The number of nitrogens with zero attached hydrogens (tertiary/aromatic N) is 11. The van der Waals surface area contributed by atoms with Crippen LogP contribution in [0.3, 0.4) is 0 Å². The van der Waals surface area contributed by atoms with Crippen LogP contribution in [-0.2, 0) is 47.9 Å². The van der Waals surface area contributed by atoms with E-state index in [0.29, 0.717) is 148 Å². The third-order valence-electron chi connectivity index (χ3n) is 24.9. The van der Waals surface area contributed by atoms with Crippen molar-refractivity contribution in [1.82, 2.24) is 45.4 Å². The molecule has 5 atom stereocenters. The molecule has 2 aliphatic carbocycles. The fourth-order valence-corrected chi connectivity index (χ4v) is 19.3. The van der Waals surface area contributed by atoms with Crippen LogP contribution in [0.1, 0.15) is 167 Å². The van der Waals surface area contributed by atoms with Gasteiger partial charge < -0.3 is 26.2 Å². The molecule has 10 amide bonds. The van der Waals surface area contributed by atoms with Gasteiger partial charge in [0.15, 0.2) is 5.13 Å². The standard InChI is InChI=1S/C21H17ClFN3O2S.C21H29ClN2O2.C19H25ClN2O2.C18H24ClN3O2.C16H13ClN6O2/c1-12-19(13-2-6-15(23)7-3-13)24-21(29-12)25-20(28)17-10-11-18(27)26(17)16-8-4-14(22)5-9-16;1-21(2,3)14-4-8-16(9-5-14)23-20(26)18-12-13-19(25)24(18)17-10-6-15(22)7-11-17;20-15-6-8-16(9-7-15)22-17(10-11-18(22)23)19(24)21-13-12-14-4-2-1-3-5-14;1-21-10-8-13(9-11-21)12-20-18(24)16-6-7-17(23)22(16)15-4-2-14(19)3-5-15;17-10-2-4-11(5-3-10)23-12(6-7-13(23)24)14(25)19-15-20-16-18-8-1-9-22(16)21-15/h2-9,17H,10-11H2,1H3,(H,24,25,28);6-7,10-11,14,16,18H,4-5,8-9,12-13H2,1-3H3,(H,23,26);6-9,14,17H,1-5,10-13H2,(H,21,24);2-5,13,16H,6-12H2,1H3,(H,20,24);1-5,8-9,12H,6-7H2,(H,19,21,25)/t17-;14?,16?,18-;17-;16-;12-/m00000/s1. The van der Waals surface area contributed by atoms with E-state index in [0.717, 1.165) is 91.5 Å². The van der Waals surface area contributed by atoms with Crippen molar-refractivity contribution >= 4 is 174 Å². The molecule has 6 aromatic carbocycles. The fraction of sp³-hybridized carbons (Fsp3) is 0.432. The number of piperidine rings is 1. The van der Waals surface area contributed by atoms with Gasteiger partial charge in [0.25, 0.3) is 11.7 Å². The Balaban J connectivity index is 0.000000137. The summed E-state index contributed by atoms with van der Waals surface area (Å²) in [4.78, 5) is 149. The van der Waals surface area contributed by atoms with Crippen molar-refractivity contribution in [3.8, 4) is 11.3 Å². The van der Waals surface area contributed by atoms with Crippen LogP contribution in [0.4, 0.5) is 43.9 Å². The number of anilines is 7. The second-order valence-electron chi connectivity index (χ2n) is 34.7. The number of thiazole rings is 1. The van der Waals surface area contributed by atoms with Crippen LogP contribution in [0.5, 0.6) is 0 Å². The highest BCUT2D eigenvalue weighted by molar-refractivity contribution is 7.16. The summed E-state index contributed by atoms with van der Waals surface area (Å²) in [7, 11) is 2.13. The lowest BCUT2D eigenvalue weighted by atomic mass is 9.71. The molecular weight excluding hydrogens is 1750 g/mol. The van der Waals surface area contributed by atoms with Gasteiger partial charge in [-0.15, -0.1) is 16.4 Å². The minimum absolute atomic E-state index is 0.00300. The summed E-state index contributed by atoms with van der Waals surface area (Å²) in [6.45, 7) is 12.4. The molecule has 9 heterocycles. The number of hydrogen-bond donors (Lipinski definition) is 5. The number of halogens is 6. The van der Waals surface area contributed by atoms with E-state index >= 15 is 0 Å². The molecule has 0 unspecified atom stereocenters. The lowest BCUT2D eigenvalue weighted by Gasteiger charge is -2.37. The summed E-state index contributed by atoms with van der Waals surface area (Å²) in [6.07, 6.45) is 21.9. The summed E-state index contributed by atoms with van der Waals surface area (Å²) in [5.74, 6) is 1.29. The molecule has 26 nitrogen and oxygen atoms in total. The Hall–Kier alpha value is -10.5. The molecular formula is C95H108Cl5FN16O10S. The smallest absolute Gasteiger partial charge is 0.253 e. The molecule has 33 heteroatoms. The van der Waals surface area contributed by atoms with E-state index in [-0.39, 0.29) is 76.9 Å². The Kier molecular flexibility index (Phi) is 32.9. The van der Waals surface area contributed by atoms with Gasteiger partial charge in [0.05, 0.1) is 5.69 Å². The molecule has 0 bridgehead atoms. The van der Waals surface area contributed by atoms with Crippen molar-refractivity contribution < 1.29 is 52.3 Å². The van der Waals surface area contributed by atoms with Gasteiger partial charge in [-0.3, -0.25) is 77.8 Å². The average Bonchev–Trinajstić information content (AvgIpc) is 1.70. The number of aryl methyl sites for hydroxylation is 1. The van der Waals surface area contributed by atoms with Crippen molar-refractivity contribution in [1.29, 1.82) is 0 Å². The van der Waals surface area contributed by atoms with Crippen molar-refractivity contribution in [2.45, 2.75) is 205 Å². The Morgan fingerprint density at radius 2 is 0.859 bits per heavy atom. The maximum absolute atomic E-state index is 13.2. The van der Waals surface area contributed by atoms with E-state index < -0.39 is 30.2 Å². The second kappa shape index (κ2) is 44.2. The van der Waals surface area contributed by atoms with Crippen molar-refractivity contribution in [3.05, 3.63) is 200 Å². The Morgan fingerprint density at radius 3 is 1.27 bits per heavy atom. The summed E-state index contributed by atoms with van der Waals surface area (Å²) in [5.41, 5.74) is 5.31. The first-order valence-electron chi connectivity index (χ1n) is 43.9. The van der Waals surface area contributed by atoms with Gasteiger partial charge in [-0.25, -0.2) is 18.9 Å². The number of aromatic nitrogens is 5. The maximum atomic E-state index is 13.2. The second-order valence-corrected chi connectivity index (χ2v) is 38.1.